The van der Waals surface area contributed by atoms with Crippen LogP contribution in [0.15, 0.2) is 24.3 Å². The maximum atomic E-state index is 12.8. The van der Waals surface area contributed by atoms with E-state index in [0.717, 1.165) is 0 Å². The molecule has 0 fully saturated rings. The van der Waals surface area contributed by atoms with Crippen LogP contribution in [0.2, 0.25) is 0 Å². The van der Waals surface area contributed by atoms with Crippen molar-refractivity contribution >= 4 is 17.7 Å². The van der Waals surface area contributed by atoms with E-state index in [1.54, 1.807) is 45.2 Å². The highest BCUT2D eigenvalue weighted by Crippen LogP contribution is 2.32. The number of esters is 1. The number of hydrogen-bond acceptors (Lipinski definition) is 6. The number of H-pyrrole nitrogens is 1. The predicted octanol–water partition coefficient (Wildman–Crippen LogP) is 2.04. The van der Waals surface area contributed by atoms with E-state index in [9.17, 15) is 14.4 Å². The lowest BCUT2D eigenvalue weighted by molar-refractivity contribution is -0.117. The van der Waals surface area contributed by atoms with Crippen LogP contribution in [0.4, 0.5) is 0 Å². The number of methoxy groups -OCH3 is 1. The lowest BCUT2D eigenvalue weighted by Gasteiger charge is -2.11. The maximum Gasteiger partial charge on any atom is 0.340 e. The number of nitrogens with one attached hydrogen (secondary N) is 2. The number of hydrogen-bond donors (Lipinski definition) is 2. The summed E-state index contributed by atoms with van der Waals surface area (Å²) >= 11 is 0. The number of aryl methyl sites for hydroxylation is 1. The largest absolute Gasteiger partial charge is 0.497 e. The molecule has 2 aromatic rings. The van der Waals surface area contributed by atoms with Crippen LogP contribution in [-0.4, -0.2) is 68.4 Å². The lowest BCUT2D eigenvalue weighted by atomic mass is 9.98. The zero-order valence-electron chi connectivity index (χ0n) is 17.4. The quantitative estimate of drug-likeness (QED) is 0.379. The smallest absolute Gasteiger partial charge is 0.340 e. The molecule has 0 spiro atoms. The topological polar surface area (TPSA) is 101 Å². The molecule has 0 aliphatic heterocycles. The molecular weight excluding hydrogens is 374 g/mol. The van der Waals surface area contributed by atoms with Gasteiger partial charge in [-0.3, -0.25) is 9.59 Å². The van der Waals surface area contributed by atoms with E-state index in [2.05, 4.69) is 10.3 Å². The zero-order valence-corrected chi connectivity index (χ0v) is 17.4. The molecule has 29 heavy (non-hydrogen) atoms. The van der Waals surface area contributed by atoms with E-state index in [0.29, 0.717) is 35.7 Å². The summed E-state index contributed by atoms with van der Waals surface area (Å²) in [5.41, 5.74) is 1.69. The lowest BCUT2D eigenvalue weighted by Crippen LogP contribution is -2.36. The SMILES string of the molecule is CCOC(=O)c1c(C)[nH]c(C(=O)C(=O)NCCN(C)C)c1-c1ccc(OC)cc1. The van der Waals surface area contributed by atoms with Gasteiger partial charge in [0.15, 0.2) is 0 Å². The molecule has 156 valence electrons. The number of carbonyl (C=O) groups excluding carboxylic acids is 3. The number of aromatic amines is 1. The summed E-state index contributed by atoms with van der Waals surface area (Å²) < 4.78 is 10.3. The number of nitrogens with zero attached hydrogens (tertiary/aromatic N) is 1. The van der Waals surface area contributed by atoms with Gasteiger partial charge in [-0.1, -0.05) is 12.1 Å². The number of amides is 1. The van der Waals surface area contributed by atoms with Crippen molar-refractivity contribution in [3.63, 3.8) is 0 Å². The monoisotopic (exact) mass is 401 g/mol. The molecule has 0 saturated heterocycles. The van der Waals surface area contributed by atoms with E-state index in [4.69, 9.17) is 9.47 Å². The molecule has 0 unspecified atom stereocenters. The highest BCUT2D eigenvalue weighted by molar-refractivity contribution is 6.43. The molecule has 0 saturated carbocycles. The van der Waals surface area contributed by atoms with Crippen LogP contribution in [0.3, 0.4) is 0 Å². The number of ether oxygens (including phenoxy) is 2. The Morgan fingerprint density at radius 3 is 2.34 bits per heavy atom. The fourth-order valence-corrected chi connectivity index (χ4v) is 2.89. The minimum atomic E-state index is -0.742. The van der Waals surface area contributed by atoms with Crippen molar-refractivity contribution in [1.29, 1.82) is 0 Å². The van der Waals surface area contributed by atoms with Crippen molar-refractivity contribution in [3.05, 3.63) is 41.2 Å². The van der Waals surface area contributed by atoms with Gasteiger partial charge in [0, 0.05) is 24.3 Å². The van der Waals surface area contributed by atoms with Gasteiger partial charge >= 0.3 is 5.97 Å². The van der Waals surface area contributed by atoms with E-state index in [-0.39, 0.29) is 17.9 Å². The van der Waals surface area contributed by atoms with Gasteiger partial charge in [0.2, 0.25) is 0 Å². The first kappa shape index (κ1) is 22.2. The molecule has 2 rings (SSSR count). The molecule has 8 nitrogen and oxygen atoms in total. The van der Waals surface area contributed by atoms with Crippen LogP contribution in [0.1, 0.15) is 33.5 Å². The second kappa shape index (κ2) is 9.88. The van der Waals surface area contributed by atoms with Crippen molar-refractivity contribution in [2.75, 3.05) is 40.9 Å². The second-order valence-electron chi connectivity index (χ2n) is 6.71. The van der Waals surface area contributed by atoms with E-state index >= 15 is 0 Å². The van der Waals surface area contributed by atoms with Gasteiger partial charge in [-0.25, -0.2) is 4.79 Å². The van der Waals surface area contributed by atoms with Gasteiger partial charge in [-0.05, 0) is 45.6 Å². The molecule has 8 heteroatoms. The van der Waals surface area contributed by atoms with E-state index < -0.39 is 17.7 Å². The maximum absolute atomic E-state index is 12.8. The highest BCUT2D eigenvalue weighted by Gasteiger charge is 2.29. The molecule has 1 heterocycles. The zero-order chi connectivity index (χ0) is 21.6. The van der Waals surface area contributed by atoms with Crippen LogP contribution < -0.4 is 10.1 Å². The molecule has 0 aliphatic carbocycles. The van der Waals surface area contributed by atoms with Gasteiger partial charge in [0.25, 0.3) is 11.7 Å². The Bertz CT molecular complexity index is 884. The summed E-state index contributed by atoms with van der Waals surface area (Å²) in [6.45, 7) is 4.50. The summed E-state index contributed by atoms with van der Waals surface area (Å²) in [4.78, 5) is 42.6. The Morgan fingerprint density at radius 1 is 1.14 bits per heavy atom. The third kappa shape index (κ3) is 5.23. The number of likely N-dealkylation sites (N-methyl/N-ethyl adjacent to an activating group) is 1. The normalized spacial score (nSPS) is 10.7. The second-order valence-corrected chi connectivity index (χ2v) is 6.71. The van der Waals surface area contributed by atoms with Crippen molar-refractivity contribution in [1.82, 2.24) is 15.2 Å². The molecule has 0 atom stereocenters. The molecule has 0 radical (unpaired) electrons. The van der Waals surface area contributed by atoms with Crippen LogP contribution in [0, 0.1) is 6.92 Å². The van der Waals surface area contributed by atoms with Gasteiger partial charge in [-0.2, -0.15) is 0 Å². The number of carbonyl (C=O) groups is 3. The molecule has 0 bridgehead atoms. The summed E-state index contributed by atoms with van der Waals surface area (Å²) in [6, 6.07) is 6.89. The summed E-state index contributed by atoms with van der Waals surface area (Å²) in [5.74, 6) is -1.40. The Morgan fingerprint density at radius 2 is 1.79 bits per heavy atom. The Balaban J connectivity index is 2.48. The van der Waals surface area contributed by atoms with Crippen LogP contribution >= 0.6 is 0 Å². The summed E-state index contributed by atoms with van der Waals surface area (Å²) in [7, 11) is 5.29. The van der Waals surface area contributed by atoms with Crippen molar-refractivity contribution in [2.24, 2.45) is 0 Å². The van der Waals surface area contributed by atoms with E-state index in [1.165, 1.54) is 0 Å². The van der Waals surface area contributed by atoms with Crippen LogP contribution in [0.25, 0.3) is 11.1 Å². The summed E-state index contributed by atoms with van der Waals surface area (Å²) in [6.07, 6.45) is 0. The average Bonchev–Trinajstić information content (AvgIpc) is 3.04. The van der Waals surface area contributed by atoms with Crippen molar-refractivity contribution in [2.45, 2.75) is 13.8 Å². The molecule has 1 aromatic heterocycles. The van der Waals surface area contributed by atoms with Gasteiger partial charge in [-0.15, -0.1) is 0 Å². The molecule has 1 amide bonds. The number of aromatic nitrogens is 1. The molecule has 1 aromatic carbocycles. The number of rotatable bonds is 9. The predicted molar refractivity (Wildman–Crippen MR) is 109 cm³/mol. The first-order valence-corrected chi connectivity index (χ1v) is 9.31. The fourth-order valence-electron chi connectivity index (χ4n) is 2.89. The fraction of sp³-hybridized carbons (Fsp3) is 0.381. The average molecular weight is 401 g/mol. The Labute approximate surface area is 170 Å². The molecular formula is C21H27N3O5. The highest BCUT2D eigenvalue weighted by atomic mass is 16.5. The van der Waals surface area contributed by atoms with E-state index in [1.807, 2.05) is 19.0 Å². The third-order valence-corrected chi connectivity index (χ3v) is 4.32. The van der Waals surface area contributed by atoms with Gasteiger partial charge < -0.3 is 24.7 Å². The summed E-state index contributed by atoms with van der Waals surface area (Å²) in [5, 5.41) is 2.61. The Kier molecular flexibility index (Phi) is 7.55. The minimum Gasteiger partial charge on any atom is -0.497 e. The van der Waals surface area contributed by atoms with Crippen LogP contribution in [0.5, 0.6) is 5.75 Å². The Hall–Kier alpha value is -3.13. The number of Topliss-reactive ketones (excluding diaryl/α,β-unsaturated/α-hetero) is 1. The third-order valence-electron chi connectivity index (χ3n) is 4.32. The number of ketones is 1. The van der Waals surface area contributed by atoms with Gasteiger partial charge in [0.1, 0.15) is 11.4 Å². The first-order chi connectivity index (χ1) is 13.8. The minimum absolute atomic E-state index is 0.0538. The standard InChI is InChI=1S/C21H27N3O5/c1-6-29-21(27)16-13(2)23-18(19(25)20(26)22-11-12-24(3)4)17(16)14-7-9-15(28-5)10-8-14/h7-10,23H,6,11-12H2,1-5H3,(H,22,26). The number of benzene rings is 1. The molecule has 2 N–H and O–H groups in total. The van der Waals surface area contributed by atoms with Gasteiger partial charge in [0.05, 0.1) is 19.3 Å². The first-order valence-electron chi connectivity index (χ1n) is 9.31. The van der Waals surface area contributed by atoms with Crippen molar-refractivity contribution < 1.29 is 23.9 Å². The van der Waals surface area contributed by atoms with Crippen LogP contribution in [-0.2, 0) is 9.53 Å². The molecule has 0 aliphatic rings. The van der Waals surface area contributed by atoms with Crippen molar-refractivity contribution in [3.8, 4) is 16.9 Å².